The Morgan fingerprint density at radius 1 is 1.00 bits per heavy atom. The molecule has 0 saturated carbocycles. The van der Waals surface area contributed by atoms with E-state index in [2.05, 4.69) is 64.4 Å². The van der Waals surface area contributed by atoms with Gasteiger partial charge in [-0.25, -0.2) is 4.98 Å². The molecule has 1 fully saturated rings. The Morgan fingerprint density at radius 3 is 2.48 bits per heavy atom. The zero-order valence-corrected chi connectivity index (χ0v) is 18.9. The van der Waals surface area contributed by atoms with E-state index in [1.807, 2.05) is 24.3 Å². The van der Waals surface area contributed by atoms with Crippen molar-refractivity contribution in [1.82, 2.24) is 19.2 Å². The van der Waals surface area contributed by atoms with Crippen molar-refractivity contribution in [2.75, 3.05) is 39.3 Å². The van der Waals surface area contributed by atoms with E-state index in [0.717, 1.165) is 49.8 Å². The largest absolute Gasteiger partial charge is 0.491 e. The van der Waals surface area contributed by atoms with E-state index in [0.29, 0.717) is 19.1 Å². The summed E-state index contributed by atoms with van der Waals surface area (Å²) in [6.45, 7) is 12.2. The molecular formula is C25H34N4O2. The third kappa shape index (κ3) is 5.26. The maximum absolute atomic E-state index is 10.5. The molecule has 0 radical (unpaired) electrons. The van der Waals surface area contributed by atoms with Gasteiger partial charge in [0.25, 0.3) is 0 Å². The van der Waals surface area contributed by atoms with Gasteiger partial charge in [0.15, 0.2) is 0 Å². The van der Waals surface area contributed by atoms with Crippen LogP contribution in [0.25, 0.3) is 5.65 Å². The van der Waals surface area contributed by atoms with Gasteiger partial charge >= 0.3 is 0 Å². The summed E-state index contributed by atoms with van der Waals surface area (Å²) < 4.78 is 8.14. The van der Waals surface area contributed by atoms with Crippen LogP contribution in [-0.4, -0.2) is 69.7 Å². The fraction of sp³-hybridized carbons (Fsp3) is 0.480. The van der Waals surface area contributed by atoms with E-state index in [4.69, 9.17) is 4.74 Å². The summed E-state index contributed by atoms with van der Waals surface area (Å²) in [7, 11) is 0. The maximum Gasteiger partial charge on any atom is 0.137 e. The molecule has 6 nitrogen and oxygen atoms in total. The lowest BCUT2D eigenvalue weighted by atomic mass is 10.0. The number of nitrogens with zero attached hydrogens (tertiary/aromatic N) is 4. The molecule has 1 saturated heterocycles. The molecule has 4 rings (SSSR count). The van der Waals surface area contributed by atoms with Gasteiger partial charge in [-0.3, -0.25) is 9.80 Å². The molecule has 3 aromatic rings. The number of ether oxygens (including phenoxy) is 1. The lowest BCUT2D eigenvalue weighted by Crippen LogP contribution is -2.49. The fourth-order valence-corrected chi connectivity index (χ4v) is 4.32. The first-order chi connectivity index (χ1) is 15.0. The number of piperazine rings is 1. The second kappa shape index (κ2) is 9.81. The van der Waals surface area contributed by atoms with Crippen molar-refractivity contribution in [1.29, 1.82) is 0 Å². The van der Waals surface area contributed by atoms with Crippen LogP contribution in [-0.2, 0) is 6.54 Å². The second-order valence-electron chi connectivity index (χ2n) is 8.81. The number of aromatic nitrogens is 2. The molecule has 1 aliphatic rings. The summed E-state index contributed by atoms with van der Waals surface area (Å²) >= 11 is 0. The van der Waals surface area contributed by atoms with Crippen LogP contribution in [0.1, 0.15) is 36.7 Å². The Hall–Kier alpha value is -2.41. The van der Waals surface area contributed by atoms with Crippen molar-refractivity contribution in [2.24, 2.45) is 0 Å². The fourth-order valence-electron chi connectivity index (χ4n) is 4.32. The smallest absolute Gasteiger partial charge is 0.137 e. The Labute approximate surface area is 185 Å². The van der Waals surface area contributed by atoms with E-state index < -0.39 is 6.10 Å². The molecule has 0 unspecified atom stereocenters. The second-order valence-corrected chi connectivity index (χ2v) is 8.81. The van der Waals surface area contributed by atoms with Crippen molar-refractivity contribution < 1.29 is 9.84 Å². The number of pyridine rings is 1. The number of hydrogen-bond acceptors (Lipinski definition) is 5. The molecule has 1 atom stereocenters. The van der Waals surface area contributed by atoms with Crippen LogP contribution in [0.5, 0.6) is 5.75 Å². The number of aliphatic hydroxyl groups is 1. The van der Waals surface area contributed by atoms with E-state index in [1.165, 1.54) is 11.3 Å². The van der Waals surface area contributed by atoms with Gasteiger partial charge in [-0.2, -0.15) is 0 Å². The summed E-state index contributed by atoms with van der Waals surface area (Å²) in [5, 5.41) is 10.5. The third-order valence-corrected chi connectivity index (χ3v) is 6.11. The Balaban J connectivity index is 1.25. The Morgan fingerprint density at radius 2 is 1.71 bits per heavy atom. The zero-order valence-electron chi connectivity index (χ0n) is 18.9. The summed E-state index contributed by atoms with van der Waals surface area (Å²) in [4.78, 5) is 9.48. The summed E-state index contributed by atoms with van der Waals surface area (Å²) in [5.74, 6) is 1.28. The van der Waals surface area contributed by atoms with E-state index in [9.17, 15) is 5.11 Å². The number of fused-ring (bicyclic) bond motifs is 1. The molecule has 1 aliphatic heterocycles. The number of aliphatic hydroxyl groups excluding tert-OH is 1. The van der Waals surface area contributed by atoms with E-state index in [1.54, 1.807) is 0 Å². The molecule has 0 spiro atoms. The van der Waals surface area contributed by atoms with Gasteiger partial charge in [-0.1, -0.05) is 38.1 Å². The summed E-state index contributed by atoms with van der Waals surface area (Å²) in [6, 6.07) is 14.2. The topological polar surface area (TPSA) is 53.2 Å². The van der Waals surface area contributed by atoms with E-state index >= 15 is 0 Å². The maximum atomic E-state index is 10.5. The minimum absolute atomic E-state index is 0.324. The molecule has 1 aromatic carbocycles. The highest BCUT2D eigenvalue weighted by molar-refractivity contribution is 5.42. The lowest BCUT2D eigenvalue weighted by molar-refractivity contribution is 0.0440. The van der Waals surface area contributed by atoms with E-state index in [-0.39, 0.29) is 0 Å². The predicted molar refractivity (Wildman–Crippen MR) is 124 cm³/mol. The van der Waals surface area contributed by atoms with Gasteiger partial charge in [-0.15, -0.1) is 0 Å². The van der Waals surface area contributed by atoms with Gasteiger partial charge in [0.2, 0.25) is 0 Å². The third-order valence-electron chi connectivity index (χ3n) is 6.11. The van der Waals surface area contributed by atoms with Gasteiger partial charge < -0.3 is 14.2 Å². The average Bonchev–Trinajstić information content (AvgIpc) is 3.09. The van der Waals surface area contributed by atoms with Crippen molar-refractivity contribution in [3.63, 3.8) is 0 Å². The Bertz CT molecular complexity index is 992. The van der Waals surface area contributed by atoms with Crippen LogP contribution < -0.4 is 4.74 Å². The first kappa shape index (κ1) is 21.8. The van der Waals surface area contributed by atoms with Crippen LogP contribution in [0.2, 0.25) is 0 Å². The number of β-amino-alcohol motifs (C(OH)–C–C–N with tert-alkyl or cyclic N) is 1. The van der Waals surface area contributed by atoms with Gasteiger partial charge in [0.1, 0.15) is 24.1 Å². The highest BCUT2D eigenvalue weighted by atomic mass is 16.5. The molecule has 6 heteroatoms. The quantitative estimate of drug-likeness (QED) is 0.604. The molecule has 1 N–H and O–H groups in total. The number of aryl methyl sites for hydroxylation is 1. The monoisotopic (exact) mass is 422 g/mol. The van der Waals surface area contributed by atoms with Gasteiger partial charge in [-0.05, 0) is 36.6 Å². The number of benzene rings is 1. The number of para-hydroxylation sites is 1. The minimum atomic E-state index is -0.493. The Kier molecular flexibility index (Phi) is 6.90. The highest BCUT2D eigenvalue weighted by Gasteiger charge is 2.21. The number of hydrogen-bond donors (Lipinski definition) is 1. The first-order valence-corrected chi connectivity index (χ1v) is 11.3. The summed E-state index contributed by atoms with van der Waals surface area (Å²) in [5.41, 5.74) is 4.56. The van der Waals surface area contributed by atoms with Crippen LogP contribution in [0.3, 0.4) is 0 Å². The molecular weight excluding hydrogens is 388 g/mol. The van der Waals surface area contributed by atoms with Crippen LogP contribution in [0, 0.1) is 6.92 Å². The molecule has 0 amide bonds. The molecule has 2 aromatic heterocycles. The van der Waals surface area contributed by atoms with Gasteiger partial charge in [0.05, 0.1) is 11.4 Å². The molecule has 3 heterocycles. The van der Waals surface area contributed by atoms with Crippen molar-refractivity contribution in [3.05, 3.63) is 65.6 Å². The van der Waals surface area contributed by atoms with Crippen molar-refractivity contribution in [3.8, 4) is 5.75 Å². The molecule has 31 heavy (non-hydrogen) atoms. The molecule has 166 valence electrons. The zero-order chi connectivity index (χ0) is 21.8. The number of rotatable bonds is 8. The van der Waals surface area contributed by atoms with Crippen molar-refractivity contribution in [2.45, 2.75) is 39.3 Å². The molecule has 0 aliphatic carbocycles. The SMILES string of the molecule is Cc1nc2ccccn2c1CN1CCN(C[C@@H](O)COc2ccccc2C(C)C)CC1. The van der Waals surface area contributed by atoms with Gasteiger partial charge in [0, 0.05) is 45.5 Å². The first-order valence-electron chi connectivity index (χ1n) is 11.3. The highest BCUT2D eigenvalue weighted by Crippen LogP contribution is 2.26. The standard InChI is InChI=1S/C25H34N4O2/c1-19(2)22-8-4-5-9-24(22)31-18-21(30)16-27-12-14-28(15-13-27)17-23-20(3)26-25-10-6-7-11-29(23)25/h4-11,19,21,30H,12-18H2,1-3H3/t21-/m1/s1. The van der Waals surface area contributed by atoms with Crippen LogP contribution in [0.4, 0.5) is 0 Å². The summed E-state index contributed by atoms with van der Waals surface area (Å²) in [6.07, 6.45) is 1.60. The van der Waals surface area contributed by atoms with Crippen LogP contribution >= 0.6 is 0 Å². The average molecular weight is 423 g/mol. The lowest BCUT2D eigenvalue weighted by Gasteiger charge is -2.35. The van der Waals surface area contributed by atoms with Crippen LogP contribution in [0.15, 0.2) is 48.7 Å². The molecule has 0 bridgehead atoms. The number of imidazole rings is 1. The normalized spacial score (nSPS) is 16.8. The predicted octanol–water partition coefficient (Wildman–Crippen LogP) is 3.32. The minimum Gasteiger partial charge on any atom is -0.491 e. The van der Waals surface area contributed by atoms with Crippen molar-refractivity contribution >= 4 is 5.65 Å².